The highest BCUT2D eigenvalue weighted by molar-refractivity contribution is 6.05. The van der Waals surface area contributed by atoms with Gasteiger partial charge in [0, 0.05) is 11.6 Å². The van der Waals surface area contributed by atoms with Crippen molar-refractivity contribution in [2.24, 2.45) is 0 Å². The summed E-state index contributed by atoms with van der Waals surface area (Å²) in [5, 5.41) is 6.86. The molecule has 0 radical (unpaired) electrons. The molecule has 4 aromatic rings. The largest absolute Gasteiger partial charge is 0.497 e. The zero-order chi connectivity index (χ0) is 24.2. The first kappa shape index (κ1) is 22.7. The van der Waals surface area contributed by atoms with Crippen molar-refractivity contribution in [3.05, 3.63) is 65.6 Å². The van der Waals surface area contributed by atoms with Crippen LogP contribution in [0.15, 0.2) is 53.1 Å². The van der Waals surface area contributed by atoms with E-state index in [2.05, 4.69) is 15.5 Å². The Morgan fingerprint density at radius 2 is 1.82 bits per heavy atom. The van der Waals surface area contributed by atoms with E-state index in [1.165, 1.54) is 44.6 Å². The van der Waals surface area contributed by atoms with Gasteiger partial charge in [0.2, 0.25) is 0 Å². The molecule has 4 rings (SSSR count). The number of fused-ring (bicyclic) bond motifs is 1. The highest BCUT2D eigenvalue weighted by atomic mass is 19.1. The number of anilines is 1. The van der Waals surface area contributed by atoms with Gasteiger partial charge < -0.3 is 24.1 Å². The van der Waals surface area contributed by atoms with Crippen LogP contribution in [0.4, 0.5) is 10.1 Å². The lowest BCUT2D eigenvalue weighted by Crippen LogP contribution is -2.21. The first-order valence-electron chi connectivity index (χ1n) is 10.1. The Morgan fingerprint density at radius 3 is 2.53 bits per heavy atom. The smallest absolute Gasteiger partial charge is 0.339 e. The molecule has 0 fully saturated rings. The number of carbonyl (C=O) groups excluding carboxylic acids is 2. The van der Waals surface area contributed by atoms with E-state index in [4.69, 9.17) is 18.7 Å². The number of aromatic nitrogens is 2. The van der Waals surface area contributed by atoms with Gasteiger partial charge in [0.25, 0.3) is 11.6 Å². The number of halogens is 1. The van der Waals surface area contributed by atoms with E-state index in [1.807, 2.05) is 0 Å². The van der Waals surface area contributed by atoms with Gasteiger partial charge in [0.1, 0.15) is 17.3 Å². The average Bonchev–Trinajstić information content (AvgIpc) is 3.23. The van der Waals surface area contributed by atoms with Gasteiger partial charge in [-0.25, -0.2) is 14.2 Å². The second-order valence-corrected chi connectivity index (χ2v) is 7.20. The van der Waals surface area contributed by atoms with Gasteiger partial charge in [-0.05, 0) is 49.4 Å². The highest BCUT2D eigenvalue weighted by Crippen LogP contribution is 2.29. The monoisotopic (exact) mass is 465 g/mol. The van der Waals surface area contributed by atoms with E-state index in [-0.39, 0.29) is 11.3 Å². The van der Waals surface area contributed by atoms with Crippen LogP contribution in [0, 0.1) is 12.7 Å². The van der Waals surface area contributed by atoms with E-state index in [0.29, 0.717) is 39.5 Å². The summed E-state index contributed by atoms with van der Waals surface area (Å²) in [6.07, 6.45) is 0. The molecule has 0 spiro atoms. The Balaban J connectivity index is 1.55. The lowest BCUT2D eigenvalue weighted by Gasteiger charge is -2.12. The summed E-state index contributed by atoms with van der Waals surface area (Å²) in [5.41, 5.74) is 1.97. The van der Waals surface area contributed by atoms with Crippen LogP contribution in [-0.4, -0.2) is 42.8 Å². The van der Waals surface area contributed by atoms with Crippen molar-refractivity contribution >= 4 is 28.7 Å². The van der Waals surface area contributed by atoms with Crippen LogP contribution >= 0.6 is 0 Å². The zero-order valence-corrected chi connectivity index (χ0v) is 18.5. The molecule has 0 unspecified atom stereocenters. The third kappa shape index (κ3) is 4.65. The predicted octanol–water partition coefficient (Wildman–Crippen LogP) is 4.15. The fourth-order valence-corrected chi connectivity index (χ4v) is 3.33. The Morgan fingerprint density at radius 1 is 1.06 bits per heavy atom. The maximum Gasteiger partial charge on any atom is 0.339 e. The number of ether oxygens (including phenoxy) is 3. The number of esters is 1. The van der Waals surface area contributed by atoms with Crippen LogP contribution in [0.5, 0.6) is 11.5 Å². The van der Waals surface area contributed by atoms with Gasteiger partial charge >= 0.3 is 5.97 Å². The SMILES string of the molecule is COc1ccc(OC)c(NC(=O)COC(=O)c2cc(-c3ccc(F)cc3)nc3onc(C)c23)c1. The first-order valence-corrected chi connectivity index (χ1v) is 10.1. The Bertz CT molecular complexity index is 1370. The van der Waals surface area contributed by atoms with Crippen molar-refractivity contribution in [1.29, 1.82) is 0 Å². The number of methoxy groups -OCH3 is 2. The summed E-state index contributed by atoms with van der Waals surface area (Å²) in [6, 6.07) is 12.0. The van der Waals surface area contributed by atoms with Crippen molar-refractivity contribution in [3.63, 3.8) is 0 Å². The second-order valence-electron chi connectivity index (χ2n) is 7.20. The summed E-state index contributed by atoms with van der Waals surface area (Å²) in [7, 11) is 2.96. The van der Waals surface area contributed by atoms with Crippen molar-refractivity contribution in [2.75, 3.05) is 26.1 Å². The Kier molecular flexibility index (Phi) is 6.39. The molecule has 2 heterocycles. The van der Waals surface area contributed by atoms with Crippen molar-refractivity contribution in [1.82, 2.24) is 10.1 Å². The van der Waals surface area contributed by atoms with E-state index in [0.717, 1.165) is 0 Å². The van der Waals surface area contributed by atoms with E-state index in [9.17, 15) is 14.0 Å². The molecule has 1 N–H and O–H groups in total. The van der Waals surface area contributed by atoms with Crippen LogP contribution in [0.1, 0.15) is 16.1 Å². The van der Waals surface area contributed by atoms with Crippen molar-refractivity contribution in [3.8, 4) is 22.8 Å². The summed E-state index contributed by atoms with van der Waals surface area (Å²) in [6.45, 7) is 1.10. The molecule has 2 aromatic heterocycles. The number of rotatable bonds is 7. The fourth-order valence-electron chi connectivity index (χ4n) is 3.33. The minimum absolute atomic E-state index is 0.120. The van der Waals surface area contributed by atoms with E-state index >= 15 is 0 Å². The third-order valence-corrected chi connectivity index (χ3v) is 4.99. The molecule has 0 atom stereocenters. The van der Waals surface area contributed by atoms with Crippen LogP contribution in [-0.2, 0) is 9.53 Å². The van der Waals surface area contributed by atoms with Gasteiger partial charge in [-0.2, -0.15) is 0 Å². The molecule has 0 saturated carbocycles. The van der Waals surface area contributed by atoms with Gasteiger partial charge in [-0.1, -0.05) is 5.16 Å². The molecule has 0 saturated heterocycles. The number of hydrogen-bond donors (Lipinski definition) is 1. The number of nitrogens with one attached hydrogen (secondary N) is 1. The Labute approximate surface area is 193 Å². The van der Waals surface area contributed by atoms with Gasteiger partial charge in [-0.15, -0.1) is 0 Å². The normalized spacial score (nSPS) is 10.7. The maximum absolute atomic E-state index is 13.3. The number of amides is 1. The lowest BCUT2D eigenvalue weighted by atomic mass is 10.1. The standard InChI is InChI=1S/C24H20FN3O6/c1-13-22-17(11-18(27-23(22)34-28-13)14-4-6-15(25)7-5-14)24(30)33-12-21(29)26-19-10-16(31-2)8-9-20(19)32-3/h4-11H,12H2,1-3H3,(H,26,29). The zero-order valence-electron chi connectivity index (χ0n) is 18.5. The molecule has 1 amide bonds. The minimum atomic E-state index is -0.769. The molecule has 2 aromatic carbocycles. The van der Waals surface area contributed by atoms with Crippen LogP contribution in [0.2, 0.25) is 0 Å². The molecule has 0 aliphatic heterocycles. The number of hydrogen-bond acceptors (Lipinski definition) is 8. The highest BCUT2D eigenvalue weighted by Gasteiger charge is 2.21. The molecule has 9 nitrogen and oxygen atoms in total. The fraction of sp³-hybridized carbons (Fsp3) is 0.167. The number of benzene rings is 2. The van der Waals surface area contributed by atoms with Crippen LogP contribution in [0.25, 0.3) is 22.4 Å². The van der Waals surface area contributed by atoms with Crippen molar-refractivity contribution < 1.29 is 32.7 Å². The van der Waals surface area contributed by atoms with Crippen LogP contribution < -0.4 is 14.8 Å². The quantitative estimate of drug-likeness (QED) is 0.405. The molecule has 0 aliphatic rings. The second kappa shape index (κ2) is 9.57. The summed E-state index contributed by atoms with van der Waals surface area (Å²) >= 11 is 0. The molecule has 0 aliphatic carbocycles. The maximum atomic E-state index is 13.3. The lowest BCUT2D eigenvalue weighted by molar-refractivity contribution is -0.119. The minimum Gasteiger partial charge on any atom is -0.497 e. The number of carbonyl (C=O) groups is 2. The van der Waals surface area contributed by atoms with Crippen LogP contribution in [0.3, 0.4) is 0 Å². The van der Waals surface area contributed by atoms with E-state index in [1.54, 1.807) is 25.1 Å². The Hall–Kier alpha value is -4.47. The number of pyridine rings is 1. The first-order chi connectivity index (χ1) is 16.4. The summed E-state index contributed by atoms with van der Waals surface area (Å²) in [4.78, 5) is 29.7. The summed E-state index contributed by atoms with van der Waals surface area (Å²) in [5.74, 6) is -0.816. The number of aryl methyl sites for hydroxylation is 1. The molecule has 34 heavy (non-hydrogen) atoms. The van der Waals surface area contributed by atoms with Gasteiger partial charge in [0.05, 0.1) is 42.2 Å². The topological polar surface area (TPSA) is 113 Å². The molecule has 0 bridgehead atoms. The number of nitrogens with zero attached hydrogens (tertiary/aromatic N) is 2. The molecule has 10 heteroatoms. The van der Waals surface area contributed by atoms with E-state index < -0.39 is 24.3 Å². The third-order valence-electron chi connectivity index (χ3n) is 4.99. The molecule has 174 valence electrons. The van der Waals surface area contributed by atoms with Gasteiger partial charge in [-0.3, -0.25) is 4.79 Å². The predicted molar refractivity (Wildman–Crippen MR) is 120 cm³/mol. The molecular weight excluding hydrogens is 445 g/mol. The average molecular weight is 465 g/mol. The summed E-state index contributed by atoms with van der Waals surface area (Å²) < 4.78 is 34.2. The van der Waals surface area contributed by atoms with Gasteiger partial charge in [0.15, 0.2) is 6.61 Å². The van der Waals surface area contributed by atoms with Crippen molar-refractivity contribution in [2.45, 2.75) is 6.92 Å². The molecular formula is C24H20FN3O6.